The van der Waals surface area contributed by atoms with E-state index in [0.29, 0.717) is 0 Å². The van der Waals surface area contributed by atoms with Crippen LogP contribution in [0.1, 0.15) is 6.92 Å². The van der Waals surface area contributed by atoms with Crippen molar-refractivity contribution in [3.63, 3.8) is 0 Å². The summed E-state index contributed by atoms with van der Waals surface area (Å²) in [5, 5.41) is 7.57. The quantitative estimate of drug-likeness (QED) is 0.626. The van der Waals surface area contributed by atoms with Gasteiger partial charge in [-0.2, -0.15) is 0 Å². The molecule has 0 aliphatic heterocycles. The molecule has 1 N–H and O–H groups in total. The van der Waals surface area contributed by atoms with Crippen molar-refractivity contribution in [3.05, 3.63) is 0 Å². The smallest absolute Gasteiger partial charge is 0.0402 e. The summed E-state index contributed by atoms with van der Waals surface area (Å²) < 4.78 is 0. The predicted molar refractivity (Wildman–Crippen MR) is 20.0 cm³/mol. The van der Waals surface area contributed by atoms with E-state index in [1.165, 1.54) is 0 Å². The molecule has 32 valence electrons. The second-order valence-electron chi connectivity index (χ2n) is 0.316. The first kappa shape index (κ1) is 16.5. The Hall–Kier alpha value is 1.12. The van der Waals surface area contributed by atoms with Gasteiger partial charge in [0.25, 0.3) is 0 Å². The third-order valence-corrected chi connectivity index (χ3v) is 0. The molecule has 5 heavy (non-hydrogen) atoms. The summed E-state index contributed by atoms with van der Waals surface area (Å²) in [5.41, 5.74) is 0. The Labute approximate surface area is 57.0 Å². The van der Waals surface area contributed by atoms with E-state index >= 15 is 0 Å². The first-order valence-electron chi connectivity index (χ1n) is 1.02. The number of hydrogen-bond acceptors (Lipinski definition) is 1. The molecule has 0 rings (SSSR count). The summed E-state index contributed by atoms with van der Waals surface area (Å²) in [5.74, 6) is 0. The second kappa shape index (κ2) is 19.3. The molecule has 0 saturated carbocycles. The number of aliphatic hydroxyl groups is 1. The first-order chi connectivity index (χ1) is 1.41. The summed E-state index contributed by atoms with van der Waals surface area (Å²) in [6.45, 7) is 1.93. The van der Waals surface area contributed by atoms with Crippen LogP contribution in [-0.2, 0) is 25.8 Å². The van der Waals surface area contributed by atoms with Crippen LogP contribution in [0, 0.1) is 0 Å². The summed E-state index contributed by atoms with van der Waals surface area (Å²) in [4.78, 5) is 0. The van der Waals surface area contributed by atoms with Gasteiger partial charge in [0.1, 0.15) is 0 Å². The summed E-state index contributed by atoms with van der Waals surface area (Å²) in [6.07, 6.45) is 0. The minimum Gasteiger partial charge on any atom is -0.397 e. The first-order valence-corrected chi connectivity index (χ1v) is 1.02. The maximum absolute atomic E-state index is 7.57. The molecule has 0 unspecified atom stereocenters. The van der Waals surface area contributed by atoms with Crippen molar-refractivity contribution in [2.24, 2.45) is 0 Å². The van der Waals surface area contributed by atoms with E-state index < -0.39 is 0 Å². The van der Waals surface area contributed by atoms with Gasteiger partial charge < -0.3 is 5.11 Å². The molecule has 0 aromatic rings. The summed E-state index contributed by atoms with van der Waals surface area (Å²) >= 11 is 0. The van der Waals surface area contributed by atoms with E-state index in [1.54, 1.807) is 6.92 Å². The van der Waals surface area contributed by atoms with Crippen molar-refractivity contribution in [2.75, 3.05) is 6.61 Å². The van der Waals surface area contributed by atoms with Crippen molar-refractivity contribution < 1.29 is 30.9 Å². The zero-order valence-electron chi connectivity index (χ0n) is 3.06. The van der Waals surface area contributed by atoms with Gasteiger partial charge in [-0.05, 0) is 6.92 Å². The molecular formula is C2H7ClHfO. The number of aliphatic hydroxyl groups excluding tert-OH is 1. The average Bonchev–Trinajstić information content (AvgIpc) is 0.918. The van der Waals surface area contributed by atoms with Gasteiger partial charge in [-0.25, -0.2) is 0 Å². The van der Waals surface area contributed by atoms with E-state index in [4.69, 9.17) is 5.11 Å². The Kier molecular flexibility index (Phi) is 63.7. The van der Waals surface area contributed by atoms with E-state index in [1.807, 2.05) is 0 Å². The molecule has 0 fully saturated rings. The average molecular weight is 261 g/mol. The molecule has 0 radical (unpaired) electrons. The largest absolute Gasteiger partial charge is 0.397 e. The van der Waals surface area contributed by atoms with Gasteiger partial charge in [0.05, 0.1) is 0 Å². The van der Waals surface area contributed by atoms with Crippen molar-refractivity contribution in [2.45, 2.75) is 6.92 Å². The van der Waals surface area contributed by atoms with Crippen LogP contribution in [0.2, 0.25) is 0 Å². The number of rotatable bonds is 0. The molecule has 0 aromatic carbocycles. The van der Waals surface area contributed by atoms with E-state index in [9.17, 15) is 0 Å². The van der Waals surface area contributed by atoms with Crippen LogP contribution < -0.4 is 0 Å². The van der Waals surface area contributed by atoms with Gasteiger partial charge >= 0.3 is 0 Å². The Morgan fingerprint density at radius 3 is 1.60 bits per heavy atom. The molecule has 0 heterocycles. The van der Waals surface area contributed by atoms with Crippen molar-refractivity contribution in [3.8, 4) is 0 Å². The molecule has 0 bridgehead atoms. The molecule has 0 aliphatic carbocycles. The second-order valence-corrected chi connectivity index (χ2v) is 0.316. The van der Waals surface area contributed by atoms with E-state index in [0.717, 1.165) is 0 Å². The molecule has 0 aromatic heterocycles. The van der Waals surface area contributed by atoms with Gasteiger partial charge in [-0.15, -0.1) is 12.4 Å². The van der Waals surface area contributed by atoms with Gasteiger partial charge in [-0.1, -0.05) is 0 Å². The van der Waals surface area contributed by atoms with Crippen molar-refractivity contribution in [1.82, 2.24) is 0 Å². The van der Waals surface area contributed by atoms with Gasteiger partial charge in [-0.3, -0.25) is 0 Å². The van der Waals surface area contributed by atoms with Gasteiger partial charge in [0.2, 0.25) is 0 Å². The zero-order chi connectivity index (χ0) is 2.71. The number of hydrogen-bond donors (Lipinski definition) is 1. The van der Waals surface area contributed by atoms with E-state index in [-0.39, 0.29) is 44.9 Å². The minimum atomic E-state index is 0. The molecule has 0 saturated heterocycles. The minimum absolute atomic E-state index is 0. The molecular weight excluding hydrogens is 254 g/mol. The number of halogens is 1. The van der Waals surface area contributed by atoms with Crippen LogP contribution in [-0.4, -0.2) is 11.7 Å². The SMILES string of the molecule is CCO.Cl.[Hf]. The maximum atomic E-state index is 7.57. The monoisotopic (exact) mass is 262 g/mol. The maximum Gasteiger partial charge on any atom is 0.0402 e. The Morgan fingerprint density at radius 1 is 1.60 bits per heavy atom. The molecule has 0 aliphatic rings. The van der Waals surface area contributed by atoms with Crippen LogP contribution in [0.4, 0.5) is 0 Å². The van der Waals surface area contributed by atoms with Crippen LogP contribution in [0.5, 0.6) is 0 Å². The Bertz CT molecular complexity index is 9.61. The normalized spacial score (nSPS) is 3.60. The van der Waals surface area contributed by atoms with Crippen molar-refractivity contribution in [1.29, 1.82) is 0 Å². The third-order valence-electron chi connectivity index (χ3n) is 0. The Balaban J connectivity index is -0.0000000200. The molecule has 1 nitrogen and oxygen atoms in total. The summed E-state index contributed by atoms with van der Waals surface area (Å²) in [6, 6.07) is 0. The Morgan fingerprint density at radius 2 is 1.60 bits per heavy atom. The molecule has 0 amide bonds. The molecule has 0 spiro atoms. The van der Waals surface area contributed by atoms with Crippen LogP contribution >= 0.6 is 12.4 Å². The molecule has 3 heteroatoms. The van der Waals surface area contributed by atoms with Gasteiger partial charge in [0.15, 0.2) is 0 Å². The fraction of sp³-hybridized carbons (Fsp3) is 1.00. The van der Waals surface area contributed by atoms with Crippen LogP contribution in [0.3, 0.4) is 0 Å². The van der Waals surface area contributed by atoms with Crippen LogP contribution in [0.15, 0.2) is 0 Å². The third kappa shape index (κ3) is 39.7. The zero-order valence-corrected chi connectivity index (χ0v) is 7.47. The fourth-order valence-corrected chi connectivity index (χ4v) is 0. The predicted octanol–water partition coefficient (Wildman–Crippen LogP) is 0.418. The standard InChI is InChI=1S/C2H6O.ClH.Hf/c1-2-3;;/h3H,2H2,1H3;1H;. The topological polar surface area (TPSA) is 20.2 Å². The van der Waals surface area contributed by atoms with Gasteiger partial charge in [0, 0.05) is 32.5 Å². The van der Waals surface area contributed by atoms with Crippen LogP contribution in [0.25, 0.3) is 0 Å². The fourth-order valence-electron chi connectivity index (χ4n) is 0. The van der Waals surface area contributed by atoms with E-state index in [2.05, 4.69) is 0 Å². The summed E-state index contributed by atoms with van der Waals surface area (Å²) in [7, 11) is 0. The molecule has 0 atom stereocenters. The van der Waals surface area contributed by atoms with Crippen molar-refractivity contribution >= 4 is 12.4 Å².